The SMILES string of the molecule is Cc1ccc(CN2CCCCC2C(C)N)s1.Cl. The van der Waals surface area contributed by atoms with Crippen molar-refractivity contribution in [3.8, 4) is 0 Å². The van der Waals surface area contributed by atoms with Crippen LogP contribution >= 0.6 is 23.7 Å². The summed E-state index contributed by atoms with van der Waals surface area (Å²) in [4.78, 5) is 5.45. The molecule has 2 unspecified atom stereocenters. The van der Waals surface area contributed by atoms with E-state index in [9.17, 15) is 0 Å². The number of hydrogen-bond donors (Lipinski definition) is 1. The van der Waals surface area contributed by atoms with Gasteiger partial charge in [0.25, 0.3) is 0 Å². The van der Waals surface area contributed by atoms with Crippen molar-refractivity contribution in [2.75, 3.05) is 6.54 Å². The van der Waals surface area contributed by atoms with Crippen LogP contribution in [0, 0.1) is 6.92 Å². The van der Waals surface area contributed by atoms with Crippen LogP contribution in [0.4, 0.5) is 0 Å². The fourth-order valence-corrected chi connectivity index (χ4v) is 3.49. The van der Waals surface area contributed by atoms with Gasteiger partial charge in [-0.05, 0) is 45.4 Å². The van der Waals surface area contributed by atoms with E-state index in [0.717, 1.165) is 6.54 Å². The molecule has 1 aliphatic rings. The standard InChI is InChI=1S/C13H22N2S.ClH/c1-10-6-7-12(16-10)9-15-8-4-3-5-13(15)11(2)14;/h6-7,11,13H,3-5,8-9,14H2,1-2H3;1H. The van der Waals surface area contributed by atoms with Crippen molar-refractivity contribution in [2.45, 2.75) is 51.7 Å². The number of likely N-dealkylation sites (tertiary alicyclic amines) is 1. The highest BCUT2D eigenvalue weighted by Gasteiger charge is 2.25. The number of piperidine rings is 1. The number of thiophene rings is 1. The average molecular weight is 275 g/mol. The summed E-state index contributed by atoms with van der Waals surface area (Å²) in [6, 6.07) is 5.34. The number of hydrogen-bond acceptors (Lipinski definition) is 3. The molecule has 2 N–H and O–H groups in total. The third kappa shape index (κ3) is 3.95. The van der Waals surface area contributed by atoms with Crippen molar-refractivity contribution in [1.82, 2.24) is 4.90 Å². The van der Waals surface area contributed by atoms with E-state index in [4.69, 9.17) is 5.73 Å². The molecule has 1 fully saturated rings. The Balaban J connectivity index is 0.00000144. The van der Waals surface area contributed by atoms with Crippen LogP contribution in [0.1, 0.15) is 35.9 Å². The van der Waals surface area contributed by atoms with Gasteiger partial charge in [0.1, 0.15) is 0 Å². The molecule has 2 heterocycles. The van der Waals surface area contributed by atoms with Gasteiger partial charge in [-0.3, -0.25) is 4.90 Å². The minimum Gasteiger partial charge on any atom is -0.327 e. The first-order valence-electron chi connectivity index (χ1n) is 6.22. The lowest BCUT2D eigenvalue weighted by Gasteiger charge is -2.37. The molecule has 0 aromatic carbocycles. The van der Waals surface area contributed by atoms with Crippen LogP contribution in [0.5, 0.6) is 0 Å². The molecule has 2 nitrogen and oxygen atoms in total. The normalized spacial score (nSPS) is 23.1. The lowest BCUT2D eigenvalue weighted by Crippen LogP contribution is -2.48. The van der Waals surface area contributed by atoms with E-state index in [1.165, 1.54) is 35.6 Å². The highest BCUT2D eigenvalue weighted by molar-refractivity contribution is 7.11. The zero-order valence-electron chi connectivity index (χ0n) is 10.7. The summed E-state index contributed by atoms with van der Waals surface area (Å²) >= 11 is 1.91. The van der Waals surface area contributed by atoms with Crippen LogP contribution in [0.3, 0.4) is 0 Å². The molecule has 98 valence electrons. The molecule has 4 heteroatoms. The van der Waals surface area contributed by atoms with Gasteiger partial charge in [0.05, 0.1) is 0 Å². The van der Waals surface area contributed by atoms with E-state index in [1.807, 2.05) is 11.3 Å². The zero-order valence-corrected chi connectivity index (χ0v) is 12.3. The number of rotatable bonds is 3. The smallest absolute Gasteiger partial charge is 0.0331 e. The maximum atomic E-state index is 6.08. The minimum absolute atomic E-state index is 0. The fourth-order valence-electron chi connectivity index (χ4n) is 2.58. The van der Waals surface area contributed by atoms with Gasteiger partial charge in [-0.25, -0.2) is 0 Å². The monoisotopic (exact) mass is 274 g/mol. The lowest BCUT2D eigenvalue weighted by molar-refractivity contribution is 0.124. The van der Waals surface area contributed by atoms with Crippen LogP contribution in [0.15, 0.2) is 12.1 Å². The number of halogens is 1. The quantitative estimate of drug-likeness (QED) is 0.917. The zero-order chi connectivity index (χ0) is 11.5. The summed E-state index contributed by atoms with van der Waals surface area (Å²) < 4.78 is 0. The van der Waals surface area contributed by atoms with Gasteiger partial charge in [-0.2, -0.15) is 0 Å². The van der Waals surface area contributed by atoms with Gasteiger partial charge >= 0.3 is 0 Å². The van der Waals surface area contributed by atoms with Crippen molar-refractivity contribution >= 4 is 23.7 Å². The van der Waals surface area contributed by atoms with Crippen LogP contribution < -0.4 is 5.73 Å². The third-order valence-electron chi connectivity index (χ3n) is 3.43. The molecule has 1 aromatic rings. The molecule has 0 spiro atoms. The molecule has 1 aliphatic heterocycles. The summed E-state index contributed by atoms with van der Waals surface area (Å²) in [5, 5.41) is 0. The molecule has 1 aromatic heterocycles. The Kier molecular flexibility index (Phi) is 5.93. The molecule has 1 saturated heterocycles. The second-order valence-electron chi connectivity index (χ2n) is 4.91. The Hall–Kier alpha value is -0.0900. The Morgan fingerprint density at radius 1 is 1.47 bits per heavy atom. The van der Waals surface area contributed by atoms with E-state index >= 15 is 0 Å². The lowest BCUT2D eigenvalue weighted by atomic mass is 9.97. The molecular weight excluding hydrogens is 252 g/mol. The molecule has 17 heavy (non-hydrogen) atoms. The molecule has 0 radical (unpaired) electrons. The first-order chi connectivity index (χ1) is 7.66. The summed E-state index contributed by atoms with van der Waals surface area (Å²) in [6.45, 7) is 6.62. The molecular formula is C13H23ClN2S. The van der Waals surface area contributed by atoms with E-state index < -0.39 is 0 Å². The number of nitrogens with zero attached hydrogens (tertiary/aromatic N) is 1. The Bertz CT molecular complexity index is 338. The highest BCUT2D eigenvalue weighted by atomic mass is 35.5. The van der Waals surface area contributed by atoms with Crippen molar-refractivity contribution in [1.29, 1.82) is 0 Å². The maximum Gasteiger partial charge on any atom is 0.0331 e. The van der Waals surface area contributed by atoms with E-state index in [2.05, 4.69) is 30.9 Å². The third-order valence-corrected chi connectivity index (χ3v) is 4.41. The van der Waals surface area contributed by atoms with Gasteiger partial charge in [-0.15, -0.1) is 23.7 Å². The minimum atomic E-state index is 0. The molecule has 2 rings (SSSR count). The fraction of sp³-hybridized carbons (Fsp3) is 0.692. The van der Waals surface area contributed by atoms with Crippen LogP contribution in [0.25, 0.3) is 0 Å². The summed E-state index contributed by atoms with van der Waals surface area (Å²) in [5.74, 6) is 0. The second-order valence-corrected chi connectivity index (χ2v) is 6.28. The molecule has 0 saturated carbocycles. The van der Waals surface area contributed by atoms with Crippen LogP contribution in [0.2, 0.25) is 0 Å². The predicted octanol–water partition coefficient (Wildman–Crippen LogP) is 3.18. The van der Waals surface area contributed by atoms with Crippen LogP contribution in [-0.2, 0) is 6.54 Å². The van der Waals surface area contributed by atoms with Crippen molar-refractivity contribution < 1.29 is 0 Å². The highest BCUT2D eigenvalue weighted by Crippen LogP contribution is 2.24. The van der Waals surface area contributed by atoms with E-state index in [-0.39, 0.29) is 12.4 Å². The van der Waals surface area contributed by atoms with Gasteiger partial charge in [0, 0.05) is 28.4 Å². The Morgan fingerprint density at radius 3 is 2.82 bits per heavy atom. The second kappa shape index (κ2) is 6.74. The van der Waals surface area contributed by atoms with E-state index in [1.54, 1.807) is 0 Å². The maximum absolute atomic E-state index is 6.08. The first kappa shape index (κ1) is 15.0. The molecule has 0 aliphatic carbocycles. The number of aryl methyl sites for hydroxylation is 1. The van der Waals surface area contributed by atoms with Gasteiger partial charge in [0.2, 0.25) is 0 Å². The Morgan fingerprint density at radius 2 is 2.24 bits per heavy atom. The average Bonchev–Trinajstić information content (AvgIpc) is 2.64. The molecule has 0 amide bonds. The predicted molar refractivity (Wildman–Crippen MR) is 78.0 cm³/mol. The molecule has 2 atom stereocenters. The van der Waals surface area contributed by atoms with Crippen molar-refractivity contribution in [2.24, 2.45) is 5.73 Å². The van der Waals surface area contributed by atoms with Crippen molar-refractivity contribution in [3.63, 3.8) is 0 Å². The van der Waals surface area contributed by atoms with Crippen molar-refractivity contribution in [3.05, 3.63) is 21.9 Å². The van der Waals surface area contributed by atoms with Gasteiger partial charge in [0.15, 0.2) is 0 Å². The summed E-state index contributed by atoms with van der Waals surface area (Å²) in [7, 11) is 0. The summed E-state index contributed by atoms with van der Waals surface area (Å²) in [6.07, 6.45) is 3.93. The molecule has 0 bridgehead atoms. The van der Waals surface area contributed by atoms with Gasteiger partial charge < -0.3 is 5.73 Å². The Labute approximate surface area is 115 Å². The van der Waals surface area contributed by atoms with Gasteiger partial charge in [-0.1, -0.05) is 6.42 Å². The van der Waals surface area contributed by atoms with E-state index in [0.29, 0.717) is 12.1 Å². The van der Waals surface area contributed by atoms with Crippen LogP contribution in [-0.4, -0.2) is 23.5 Å². The topological polar surface area (TPSA) is 29.3 Å². The summed E-state index contributed by atoms with van der Waals surface area (Å²) in [5.41, 5.74) is 6.08. The number of nitrogens with two attached hydrogens (primary N) is 1. The first-order valence-corrected chi connectivity index (χ1v) is 7.03. The largest absolute Gasteiger partial charge is 0.327 e.